The third-order valence-corrected chi connectivity index (χ3v) is 5.62. The van der Waals surface area contributed by atoms with Crippen molar-refractivity contribution in [3.8, 4) is 0 Å². The number of para-hydroxylation sites is 1. The lowest BCUT2D eigenvalue weighted by molar-refractivity contribution is -0.668. The van der Waals surface area contributed by atoms with Gasteiger partial charge in [-0.15, -0.1) is 11.3 Å². The van der Waals surface area contributed by atoms with Crippen LogP contribution in [0.25, 0.3) is 33.1 Å². The predicted molar refractivity (Wildman–Crippen MR) is 109 cm³/mol. The van der Waals surface area contributed by atoms with Crippen molar-refractivity contribution >= 4 is 50.8 Å². The second-order valence-electron chi connectivity index (χ2n) is 6.14. The normalized spacial score (nSPS) is 11.6. The zero-order valence-corrected chi connectivity index (χ0v) is 15.1. The van der Waals surface area contributed by atoms with E-state index >= 15 is 0 Å². The first-order valence-corrected chi connectivity index (χ1v) is 9.44. The van der Waals surface area contributed by atoms with Gasteiger partial charge in [-0.25, -0.2) is 0 Å². The molecule has 0 fully saturated rings. The van der Waals surface area contributed by atoms with Crippen LogP contribution >= 0.6 is 11.3 Å². The summed E-state index contributed by atoms with van der Waals surface area (Å²) < 4.78 is 3.23. The average molecular weight is 359 g/mol. The number of hydrogen-bond acceptors (Lipinski definition) is 3. The molecule has 0 aliphatic heterocycles. The van der Waals surface area contributed by atoms with Gasteiger partial charge in [0.1, 0.15) is 0 Å². The van der Waals surface area contributed by atoms with Crippen molar-refractivity contribution < 1.29 is 9.36 Å². The smallest absolute Gasteiger partial charge is 0.213 e. The van der Waals surface area contributed by atoms with Gasteiger partial charge in [0.15, 0.2) is 19.0 Å². The largest absolute Gasteiger partial charge is 0.325 e. The van der Waals surface area contributed by atoms with E-state index in [1.54, 1.807) is 11.3 Å². The van der Waals surface area contributed by atoms with Crippen molar-refractivity contribution in [2.24, 2.45) is 5.73 Å². The molecule has 0 atom stereocenters. The Kier molecular flexibility index (Phi) is 4.61. The van der Waals surface area contributed by atoms with Crippen molar-refractivity contribution in [1.82, 2.24) is 0 Å². The summed E-state index contributed by atoms with van der Waals surface area (Å²) in [6.45, 7) is 1.41. The molecule has 128 valence electrons. The van der Waals surface area contributed by atoms with Gasteiger partial charge in [0.05, 0.1) is 11.9 Å². The second-order valence-corrected chi connectivity index (χ2v) is 7.02. The Bertz CT molecular complexity index is 1130. The van der Waals surface area contributed by atoms with E-state index in [9.17, 15) is 4.79 Å². The molecule has 4 rings (SSSR count). The Hall–Kier alpha value is -2.82. The lowest BCUT2D eigenvalue weighted by Gasteiger charge is -2.03. The first-order valence-electron chi connectivity index (χ1n) is 8.56. The number of carbonyl (C=O) groups is 1. The summed E-state index contributed by atoms with van der Waals surface area (Å²) in [5.74, 6) is 0. The fraction of sp³-hybridized carbons (Fsp3) is 0.0909. The van der Waals surface area contributed by atoms with Crippen LogP contribution in [0.2, 0.25) is 0 Å². The molecular weight excluding hydrogens is 340 g/mol. The number of fused-ring (bicyclic) bond motifs is 2. The summed E-state index contributed by atoms with van der Waals surface area (Å²) in [4.78, 5) is 11.2. The maximum Gasteiger partial charge on any atom is 0.213 e. The minimum absolute atomic E-state index is 0.615. The van der Waals surface area contributed by atoms with Gasteiger partial charge in [-0.05, 0) is 22.6 Å². The van der Waals surface area contributed by atoms with Gasteiger partial charge in [-0.2, -0.15) is 4.57 Å². The summed E-state index contributed by atoms with van der Waals surface area (Å²) >= 11 is 1.61. The maximum absolute atomic E-state index is 11.2. The summed E-state index contributed by atoms with van der Waals surface area (Å²) in [6, 6.07) is 16.4. The minimum Gasteiger partial charge on any atom is -0.325 e. The lowest BCUT2D eigenvalue weighted by Crippen LogP contribution is -2.37. The molecule has 0 bridgehead atoms. The van der Waals surface area contributed by atoms with E-state index in [1.165, 1.54) is 16.5 Å². The van der Waals surface area contributed by atoms with Crippen molar-refractivity contribution in [2.75, 3.05) is 6.54 Å². The van der Waals surface area contributed by atoms with Crippen LogP contribution in [0.4, 0.5) is 0 Å². The van der Waals surface area contributed by atoms with E-state index in [2.05, 4.69) is 64.7 Å². The molecule has 0 unspecified atom stereocenters. The number of hydrogen-bond donors (Lipinski definition) is 1. The molecule has 2 heterocycles. The van der Waals surface area contributed by atoms with Gasteiger partial charge in [-0.3, -0.25) is 4.79 Å². The number of carbonyl (C=O) groups excluding carboxylic acids is 1. The van der Waals surface area contributed by atoms with Crippen molar-refractivity contribution in [1.29, 1.82) is 0 Å². The zero-order valence-electron chi connectivity index (χ0n) is 14.3. The highest BCUT2D eigenvalue weighted by Gasteiger charge is 2.10. The molecule has 2 N–H and O–H groups in total. The fourth-order valence-electron chi connectivity index (χ4n) is 3.29. The standard InChI is InChI=1S/C22H19N2OS/c23-11-13-24-12-10-16(19-5-1-2-7-21(19)24)8-9-18-15-26-22-17(14-25)4-3-6-20(18)22/h1-10,12,14-15H,11,13,23H2/q+1/b9-8+. The molecule has 2 aromatic carbocycles. The average Bonchev–Trinajstić information content (AvgIpc) is 3.11. The predicted octanol–water partition coefficient (Wildman–Crippen LogP) is 4.28. The SMILES string of the molecule is NCC[n+]1ccc(/C=C/c2csc3c(C=O)cccc23)c2ccccc21. The molecule has 0 saturated carbocycles. The number of nitrogens with zero attached hydrogens (tertiary/aromatic N) is 1. The van der Waals surface area contributed by atoms with Crippen LogP contribution in [0.5, 0.6) is 0 Å². The Balaban J connectivity index is 1.78. The van der Waals surface area contributed by atoms with Gasteiger partial charge < -0.3 is 5.73 Å². The van der Waals surface area contributed by atoms with Crippen LogP contribution in [0.1, 0.15) is 21.5 Å². The van der Waals surface area contributed by atoms with Gasteiger partial charge in [-0.1, -0.05) is 42.5 Å². The molecule has 0 amide bonds. The Morgan fingerprint density at radius 2 is 1.73 bits per heavy atom. The van der Waals surface area contributed by atoms with Gasteiger partial charge in [0, 0.05) is 27.8 Å². The van der Waals surface area contributed by atoms with Crippen LogP contribution in [-0.4, -0.2) is 12.8 Å². The highest BCUT2D eigenvalue weighted by molar-refractivity contribution is 7.17. The van der Waals surface area contributed by atoms with E-state index in [0.717, 1.165) is 34.0 Å². The molecule has 0 aliphatic rings. The lowest BCUT2D eigenvalue weighted by atomic mass is 10.1. The quantitative estimate of drug-likeness (QED) is 0.427. The number of pyridine rings is 1. The van der Waals surface area contributed by atoms with Crippen molar-refractivity contribution in [2.45, 2.75) is 6.54 Å². The summed E-state index contributed by atoms with van der Waals surface area (Å²) in [5, 5.41) is 4.43. The molecule has 2 aromatic heterocycles. The summed E-state index contributed by atoms with van der Waals surface area (Å²) in [6.07, 6.45) is 7.28. The molecule has 4 heteroatoms. The summed E-state index contributed by atoms with van der Waals surface area (Å²) in [7, 11) is 0. The zero-order chi connectivity index (χ0) is 17.9. The molecule has 3 nitrogen and oxygen atoms in total. The first-order chi connectivity index (χ1) is 12.8. The molecule has 0 radical (unpaired) electrons. The van der Waals surface area contributed by atoms with Gasteiger partial charge >= 0.3 is 0 Å². The molecule has 0 saturated heterocycles. The number of benzene rings is 2. The Morgan fingerprint density at radius 3 is 2.58 bits per heavy atom. The monoisotopic (exact) mass is 359 g/mol. The highest BCUT2D eigenvalue weighted by Crippen LogP contribution is 2.30. The molecule has 26 heavy (non-hydrogen) atoms. The Morgan fingerprint density at radius 1 is 0.923 bits per heavy atom. The van der Waals surface area contributed by atoms with Crippen LogP contribution in [-0.2, 0) is 6.54 Å². The van der Waals surface area contributed by atoms with E-state index in [-0.39, 0.29) is 0 Å². The number of aromatic nitrogens is 1. The molecule has 4 aromatic rings. The van der Waals surface area contributed by atoms with Crippen LogP contribution in [0.3, 0.4) is 0 Å². The van der Waals surface area contributed by atoms with Crippen LogP contribution < -0.4 is 10.3 Å². The van der Waals surface area contributed by atoms with E-state index < -0.39 is 0 Å². The minimum atomic E-state index is 0.615. The van der Waals surface area contributed by atoms with Gasteiger partial charge in [0.2, 0.25) is 5.52 Å². The van der Waals surface area contributed by atoms with E-state index in [0.29, 0.717) is 6.54 Å². The molecular formula is C22H19N2OS+. The molecule has 0 spiro atoms. The fourth-order valence-corrected chi connectivity index (χ4v) is 4.30. The third-order valence-electron chi connectivity index (χ3n) is 4.56. The van der Waals surface area contributed by atoms with E-state index in [4.69, 9.17) is 5.73 Å². The Labute approximate surface area is 156 Å². The van der Waals surface area contributed by atoms with Crippen LogP contribution in [0, 0.1) is 0 Å². The number of aldehydes is 1. The highest BCUT2D eigenvalue weighted by atomic mass is 32.1. The summed E-state index contributed by atoms with van der Waals surface area (Å²) in [5.41, 5.74) is 9.96. The maximum atomic E-state index is 11.2. The van der Waals surface area contributed by atoms with E-state index in [1.807, 2.05) is 12.1 Å². The van der Waals surface area contributed by atoms with Crippen molar-refractivity contribution in [3.05, 3.63) is 76.8 Å². The topological polar surface area (TPSA) is 47.0 Å². The van der Waals surface area contributed by atoms with Crippen LogP contribution in [0.15, 0.2) is 60.1 Å². The number of thiophene rings is 1. The molecule has 0 aliphatic carbocycles. The first kappa shape index (κ1) is 16.6. The second kappa shape index (κ2) is 7.20. The third kappa shape index (κ3) is 2.94. The number of rotatable bonds is 5. The number of nitrogens with two attached hydrogens (primary N) is 1. The van der Waals surface area contributed by atoms with Crippen molar-refractivity contribution in [3.63, 3.8) is 0 Å². The van der Waals surface area contributed by atoms with Gasteiger partial charge in [0.25, 0.3) is 0 Å².